The molecule has 1 aliphatic heterocycles. The molecule has 1 aliphatic rings. The molecule has 2 aromatic rings. The zero-order valence-electron chi connectivity index (χ0n) is 17.8. The summed E-state index contributed by atoms with van der Waals surface area (Å²) in [4.78, 5) is 15.1. The molecule has 0 saturated heterocycles. The van der Waals surface area contributed by atoms with E-state index in [0.29, 0.717) is 0 Å². The van der Waals surface area contributed by atoms with Gasteiger partial charge in [0.25, 0.3) is 0 Å². The molecule has 3 nitrogen and oxygen atoms in total. The molecule has 3 rings (SSSR count). The van der Waals surface area contributed by atoms with Gasteiger partial charge in [-0.2, -0.15) is 0 Å². The minimum atomic E-state index is -0.492. The van der Waals surface area contributed by atoms with Crippen LogP contribution in [0.1, 0.15) is 51.3 Å². The van der Waals surface area contributed by atoms with E-state index in [1.165, 1.54) is 5.56 Å². The van der Waals surface area contributed by atoms with Crippen LogP contribution in [0.4, 0.5) is 5.69 Å². The van der Waals surface area contributed by atoms with E-state index in [0.717, 1.165) is 28.1 Å². The summed E-state index contributed by atoms with van der Waals surface area (Å²) in [5.74, 6) is -0.0894. The standard InChI is InChI=1S/C25H30N2O/c1-17(2)18-11-10-12-19(15-18)25(5,6)26-23(28)16-22-24(3,4)20-13-8-9-14-21(20)27(22)7/h8-16H,1H2,2-7H3,(H,26,28)/b22-16-. The molecule has 0 bridgehead atoms. The molecule has 28 heavy (non-hydrogen) atoms. The van der Waals surface area contributed by atoms with Crippen LogP contribution in [0.5, 0.6) is 0 Å². The summed E-state index contributed by atoms with van der Waals surface area (Å²) in [6.45, 7) is 14.4. The lowest BCUT2D eigenvalue weighted by Gasteiger charge is -2.28. The Balaban J connectivity index is 1.87. The average Bonchev–Trinajstić information content (AvgIpc) is 2.82. The first-order chi connectivity index (χ1) is 13.0. The molecule has 0 atom stereocenters. The third kappa shape index (κ3) is 3.49. The molecule has 0 spiro atoms. The molecule has 3 heteroatoms. The normalized spacial score (nSPS) is 16.8. The van der Waals surface area contributed by atoms with Gasteiger partial charge >= 0.3 is 0 Å². The highest BCUT2D eigenvalue weighted by Gasteiger charge is 2.38. The summed E-state index contributed by atoms with van der Waals surface area (Å²) in [6.07, 6.45) is 1.74. The van der Waals surface area contributed by atoms with Crippen LogP contribution in [0.15, 0.2) is 66.9 Å². The van der Waals surface area contributed by atoms with E-state index in [1.807, 2.05) is 52.1 Å². The number of allylic oxidation sites excluding steroid dienone is 2. The highest BCUT2D eigenvalue weighted by atomic mass is 16.1. The third-order valence-corrected chi connectivity index (χ3v) is 5.72. The van der Waals surface area contributed by atoms with Crippen LogP contribution in [0.25, 0.3) is 5.57 Å². The maximum atomic E-state index is 13.0. The van der Waals surface area contributed by atoms with Gasteiger partial charge in [0.2, 0.25) is 5.91 Å². The highest BCUT2D eigenvalue weighted by Crippen LogP contribution is 2.46. The number of likely N-dealkylation sites (N-methyl/N-ethyl adjacent to an activating group) is 1. The number of hydrogen-bond acceptors (Lipinski definition) is 2. The first-order valence-corrected chi connectivity index (χ1v) is 9.68. The van der Waals surface area contributed by atoms with Crippen LogP contribution in [-0.4, -0.2) is 13.0 Å². The monoisotopic (exact) mass is 374 g/mol. The molecule has 0 aliphatic carbocycles. The predicted octanol–water partition coefficient (Wildman–Crippen LogP) is 5.38. The number of nitrogens with one attached hydrogen (secondary N) is 1. The number of benzene rings is 2. The van der Waals surface area contributed by atoms with Crippen LogP contribution < -0.4 is 10.2 Å². The minimum Gasteiger partial charge on any atom is -0.347 e. The Morgan fingerprint density at radius 3 is 2.46 bits per heavy atom. The topological polar surface area (TPSA) is 32.3 Å². The fourth-order valence-corrected chi connectivity index (χ4v) is 3.97. The van der Waals surface area contributed by atoms with Crippen molar-refractivity contribution in [1.82, 2.24) is 5.32 Å². The summed E-state index contributed by atoms with van der Waals surface area (Å²) in [6, 6.07) is 16.5. The zero-order chi connectivity index (χ0) is 20.7. The van der Waals surface area contributed by atoms with Gasteiger partial charge in [-0.25, -0.2) is 0 Å². The number of fused-ring (bicyclic) bond motifs is 1. The van der Waals surface area contributed by atoms with Gasteiger partial charge in [0.1, 0.15) is 0 Å². The van der Waals surface area contributed by atoms with Crippen LogP contribution in [0.2, 0.25) is 0 Å². The number of hydrogen-bond donors (Lipinski definition) is 1. The SMILES string of the molecule is C=C(C)c1cccc(C(C)(C)NC(=O)/C=C2\N(C)c3ccccc3C2(C)C)c1. The first-order valence-electron chi connectivity index (χ1n) is 9.68. The van der Waals surface area contributed by atoms with Gasteiger partial charge in [-0.1, -0.05) is 62.4 Å². The lowest BCUT2D eigenvalue weighted by Crippen LogP contribution is -2.41. The van der Waals surface area contributed by atoms with Crippen molar-refractivity contribution in [2.75, 3.05) is 11.9 Å². The van der Waals surface area contributed by atoms with Crippen molar-refractivity contribution in [2.45, 2.75) is 45.6 Å². The minimum absolute atomic E-state index is 0.0894. The molecule has 146 valence electrons. The van der Waals surface area contributed by atoms with E-state index in [2.05, 4.69) is 54.9 Å². The molecule has 1 heterocycles. The summed E-state index contributed by atoms with van der Waals surface area (Å²) in [7, 11) is 2.02. The second-order valence-electron chi connectivity index (χ2n) is 8.71. The van der Waals surface area contributed by atoms with Crippen molar-refractivity contribution in [3.05, 3.63) is 83.6 Å². The predicted molar refractivity (Wildman–Crippen MR) is 118 cm³/mol. The Hall–Kier alpha value is -2.81. The van der Waals surface area contributed by atoms with Gasteiger partial charge in [-0.05, 0) is 49.6 Å². The molecule has 0 aromatic heterocycles. The fraction of sp³-hybridized carbons (Fsp3) is 0.320. The van der Waals surface area contributed by atoms with Gasteiger partial charge in [0.05, 0.1) is 5.54 Å². The fourth-order valence-electron chi connectivity index (χ4n) is 3.97. The molecule has 2 aromatic carbocycles. The summed E-state index contributed by atoms with van der Waals surface area (Å²) in [5.41, 5.74) is 5.84. The van der Waals surface area contributed by atoms with Gasteiger partial charge < -0.3 is 10.2 Å². The Morgan fingerprint density at radius 2 is 1.82 bits per heavy atom. The van der Waals surface area contributed by atoms with Crippen LogP contribution in [-0.2, 0) is 15.7 Å². The van der Waals surface area contributed by atoms with Gasteiger partial charge in [0.15, 0.2) is 0 Å². The summed E-state index contributed by atoms with van der Waals surface area (Å²) >= 11 is 0. The van der Waals surface area contributed by atoms with Crippen LogP contribution in [0, 0.1) is 0 Å². The maximum absolute atomic E-state index is 13.0. The van der Waals surface area contributed by atoms with E-state index in [-0.39, 0.29) is 11.3 Å². The molecular formula is C25H30N2O. The summed E-state index contributed by atoms with van der Waals surface area (Å²) < 4.78 is 0. The second kappa shape index (κ2) is 6.97. The smallest absolute Gasteiger partial charge is 0.246 e. The second-order valence-corrected chi connectivity index (χ2v) is 8.71. The van der Waals surface area contributed by atoms with Crippen molar-refractivity contribution in [1.29, 1.82) is 0 Å². The Labute approximate surface area is 168 Å². The largest absolute Gasteiger partial charge is 0.347 e. The Kier molecular flexibility index (Phi) is 4.97. The Morgan fingerprint density at radius 1 is 1.14 bits per heavy atom. The summed E-state index contributed by atoms with van der Waals surface area (Å²) in [5, 5.41) is 3.18. The number of carbonyl (C=O) groups is 1. The Bertz CT molecular complexity index is 966. The molecule has 1 N–H and O–H groups in total. The number of para-hydroxylation sites is 1. The van der Waals surface area contributed by atoms with Crippen LogP contribution >= 0.6 is 0 Å². The lowest BCUT2D eigenvalue weighted by molar-refractivity contribution is -0.118. The molecule has 0 fully saturated rings. The van der Waals surface area contributed by atoms with Gasteiger partial charge in [-0.15, -0.1) is 0 Å². The van der Waals surface area contributed by atoms with Crippen molar-refractivity contribution in [2.24, 2.45) is 0 Å². The molecule has 1 amide bonds. The molecule has 0 unspecified atom stereocenters. The molecule has 0 saturated carbocycles. The first kappa shape index (κ1) is 19.9. The highest BCUT2D eigenvalue weighted by molar-refractivity contribution is 5.91. The van der Waals surface area contributed by atoms with Crippen LogP contribution in [0.3, 0.4) is 0 Å². The third-order valence-electron chi connectivity index (χ3n) is 5.72. The quantitative estimate of drug-likeness (QED) is 0.729. The van der Waals surface area contributed by atoms with Crippen molar-refractivity contribution in [3.8, 4) is 0 Å². The average molecular weight is 375 g/mol. The number of amides is 1. The van der Waals surface area contributed by atoms with E-state index in [9.17, 15) is 4.79 Å². The zero-order valence-corrected chi connectivity index (χ0v) is 17.8. The van der Waals surface area contributed by atoms with Gasteiger partial charge in [0, 0.05) is 29.9 Å². The molecular weight excluding hydrogens is 344 g/mol. The van der Waals surface area contributed by atoms with Gasteiger partial charge in [-0.3, -0.25) is 4.79 Å². The number of nitrogens with zero attached hydrogens (tertiary/aromatic N) is 1. The number of rotatable bonds is 4. The lowest BCUT2D eigenvalue weighted by atomic mass is 9.83. The van der Waals surface area contributed by atoms with E-state index in [4.69, 9.17) is 0 Å². The number of anilines is 1. The van der Waals surface area contributed by atoms with E-state index < -0.39 is 5.54 Å². The van der Waals surface area contributed by atoms with E-state index >= 15 is 0 Å². The maximum Gasteiger partial charge on any atom is 0.246 e. The number of carbonyl (C=O) groups excluding carboxylic acids is 1. The van der Waals surface area contributed by atoms with Crippen molar-refractivity contribution >= 4 is 17.2 Å². The van der Waals surface area contributed by atoms with E-state index in [1.54, 1.807) is 6.08 Å². The van der Waals surface area contributed by atoms with Crippen molar-refractivity contribution in [3.63, 3.8) is 0 Å². The van der Waals surface area contributed by atoms with Crippen molar-refractivity contribution < 1.29 is 4.79 Å². The molecule has 0 radical (unpaired) electrons.